The molecule has 3 rings (SSSR count). The summed E-state index contributed by atoms with van der Waals surface area (Å²) in [4.78, 5) is 0. The second-order valence-electron chi connectivity index (χ2n) is 7.09. The van der Waals surface area contributed by atoms with E-state index < -0.39 is 0 Å². The number of benzene rings is 2. The third-order valence-electron chi connectivity index (χ3n) is 4.69. The fourth-order valence-corrected chi connectivity index (χ4v) is 4.88. The van der Waals surface area contributed by atoms with Crippen molar-refractivity contribution in [3.8, 4) is 16.9 Å². The molecule has 0 radical (unpaired) electrons. The van der Waals surface area contributed by atoms with Gasteiger partial charge in [-0.2, -0.15) is 0 Å². The minimum absolute atomic E-state index is 1.14. The van der Waals surface area contributed by atoms with Crippen LogP contribution in [0.2, 0.25) is 0 Å². The molecule has 3 aromatic rings. The molecule has 4 heteroatoms. The summed E-state index contributed by atoms with van der Waals surface area (Å²) in [5, 5.41) is 4.84. The molecule has 0 atom stereocenters. The van der Waals surface area contributed by atoms with Crippen LogP contribution in [0.3, 0.4) is 0 Å². The topological polar surface area (TPSA) is 21.7 Å². The maximum Gasteiger partial charge on any atom is 0.241 e. The second-order valence-corrected chi connectivity index (χ2v) is 8.11. The first-order chi connectivity index (χ1) is 11.7. The maximum absolute atomic E-state index is 4.84. The third kappa shape index (κ3) is 3.12. The van der Waals surface area contributed by atoms with Crippen LogP contribution in [-0.2, 0) is 7.05 Å². The van der Waals surface area contributed by atoms with E-state index in [1.807, 2.05) is 11.7 Å². The van der Waals surface area contributed by atoms with Crippen LogP contribution in [-0.4, -0.2) is 9.90 Å². The normalized spacial score (nSPS) is 11.2. The molecule has 0 spiro atoms. The summed E-state index contributed by atoms with van der Waals surface area (Å²) in [5.74, 6) is 0. The number of hydrogen-bond acceptors (Lipinski definition) is 1. The summed E-state index contributed by atoms with van der Waals surface area (Å²) in [5.41, 5.74) is 11.3. The van der Waals surface area contributed by atoms with Crippen molar-refractivity contribution < 1.29 is 4.68 Å². The van der Waals surface area contributed by atoms with Crippen LogP contribution in [0.1, 0.15) is 33.4 Å². The Labute approximate surface area is 163 Å². The number of aromatic nitrogens is 3. The number of hydrogen-bond donors (Lipinski definition) is 0. The molecule has 1 aromatic heterocycles. The predicted molar refractivity (Wildman–Crippen MR) is 111 cm³/mol. The van der Waals surface area contributed by atoms with Crippen molar-refractivity contribution in [3.63, 3.8) is 0 Å². The largest absolute Gasteiger partial charge is 0.241 e. The second kappa shape index (κ2) is 6.56. The van der Waals surface area contributed by atoms with E-state index in [2.05, 4.69) is 93.1 Å². The Morgan fingerprint density at radius 2 is 1.24 bits per heavy atom. The monoisotopic (exact) mass is 446 g/mol. The van der Waals surface area contributed by atoms with Gasteiger partial charge in [0.25, 0.3) is 0 Å². The zero-order chi connectivity index (χ0) is 18.5. The highest BCUT2D eigenvalue weighted by atomic mass is 127. The number of nitrogens with zero attached hydrogens (tertiary/aromatic N) is 3. The zero-order valence-corrected chi connectivity index (χ0v) is 18.2. The Hall–Kier alpha value is -1.69. The Balaban J connectivity index is 2.29. The third-order valence-corrected chi connectivity index (χ3v) is 5.66. The lowest BCUT2D eigenvalue weighted by atomic mass is 9.97. The molecule has 2 aromatic carbocycles. The Morgan fingerprint density at radius 3 is 1.72 bits per heavy atom. The van der Waals surface area contributed by atoms with Gasteiger partial charge in [-0.05, 0) is 63.8 Å². The molecule has 3 nitrogen and oxygen atoms in total. The molecule has 0 amide bonds. The minimum Gasteiger partial charge on any atom is -0.131 e. The van der Waals surface area contributed by atoms with E-state index in [0.29, 0.717) is 0 Å². The van der Waals surface area contributed by atoms with E-state index in [-0.39, 0.29) is 0 Å². The molecule has 0 aliphatic heterocycles. The average Bonchev–Trinajstić information content (AvgIpc) is 2.73. The van der Waals surface area contributed by atoms with Crippen molar-refractivity contribution in [2.75, 3.05) is 0 Å². The van der Waals surface area contributed by atoms with Crippen LogP contribution in [0.5, 0.6) is 0 Å². The van der Waals surface area contributed by atoms with Crippen molar-refractivity contribution in [1.29, 1.82) is 0 Å². The highest BCUT2D eigenvalue weighted by Crippen LogP contribution is 2.31. The summed E-state index contributed by atoms with van der Waals surface area (Å²) < 4.78 is 5.23. The zero-order valence-electron chi connectivity index (χ0n) is 16.0. The van der Waals surface area contributed by atoms with Crippen molar-refractivity contribution >= 4 is 22.6 Å². The minimum atomic E-state index is 1.14. The summed E-state index contributed by atoms with van der Waals surface area (Å²) in [7, 11) is 2.03. The maximum atomic E-state index is 4.84. The number of rotatable bonds is 2. The van der Waals surface area contributed by atoms with Gasteiger partial charge in [0.2, 0.25) is 9.39 Å². The van der Waals surface area contributed by atoms with Gasteiger partial charge in [-0.3, -0.25) is 0 Å². The van der Waals surface area contributed by atoms with Crippen LogP contribution in [0.15, 0.2) is 24.3 Å². The fraction of sp³-hybridized carbons (Fsp3) is 0.333. The van der Waals surface area contributed by atoms with Gasteiger partial charge in [0, 0.05) is 28.2 Å². The van der Waals surface area contributed by atoms with E-state index in [4.69, 9.17) is 5.21 Å². The van der Waals surface area contributed by atoms with Gasteiger partial charge in [0.05, 0.1) is 5.21 Å². The molecule has 25 heavy (non-hydrogen) atoms. The Morgan fingerprint density at radius 1 is 0.800 bits per heavy atom. The molecule has 0 aliphatic carbocycles. The van der Waals surface area contributed by atoms with Gasteiger partial charge in [-0.15, -0.1) is 4.68 Å². The highest BCUT2D eigenvalue weighted by Gasteiger charge is 2.28. The first-order valence-electron chi connectivity index (χ1n) is 8.52. The standard InChI is InChI=1S/C21H25IN3/c1-12-8-14(3)18(15(4)9-12)20-21(22)25(23-24(20)7)19-16(5)10-13(2)11-17(19)6/h8-11H,1-7H3/q+1. The van der Waals surface area contributed by atoms with Crippen LogP contribution in [0.4, 0.5) is 0 Å². The van der Waals surface area contributed by atoms with Crippen LogP contribution >= 0.6 is 22.6 Å². The van der Waals surface area contributed by atoms with Crippen molar-refractivity contribution in [2.24, 2.45) is 7.05 Å². The number of aryl methyl sites for hydroxylation is 7. The predicted octanol–water partition coefficient (Wildman–Crippen LogP) is 4.82. The first kappa shape index (κ1) is 18.1. The van der Waals surface area contributed by atoms with Gasteiger partial charge < -0.3 is 0 Å². The smallest absolute Gasteiger partial charge is 0.131 e. The molecule has 0 unspecified atom stereocenters. The molecule has 1 heterocycles. The van der Waals surface area contributed by atoms with Crippen molar-refractivity contribution in [2.45, 2.75) is 41.5 Å². The molecule has 0 saturated heterocycles. The Kier molecular flexibility index (Phi) is 4.75. The lowest BCUT2D eigenvalue weighted by Gasteiger charge is -2.09. The van der Waals surface area contributed by atoms with Crippen LogP contribution in [0.25, 0.3) is 16.9 Å². The van der Waals surface area contributed by atoms with Crippen LogP contribution in [0, 0.1) is 45.2 Å². The van der Waals surface area contributed by atoms with Crippen LogP contribution < -0.4 is 4.68 Å². The molecular formula is C21H25IN3+. The summed E-state index contributed by atoms with van der Waals surface area (Å²) in [6, 6.07) is 8.94. The van der Waals surface area contributed by atoms with Gasteiger partial charge in [-0.25, -0.2) is 0 Å². The summed E-state index contributed by atoms with van der Waals surface area (Å²) in [6.45, 7) is 13.0. The summed E-state index contributed by atoms with van der Waals surface area (Å²) >= 11 is 2.43. The fourth-order valence-electron chi connectivity index (χ4n) is 3.92. The number of halogens is 1. The average molecular weight is 446 g/mol. The molecule has 130 valence electrons. The molecule has 0 fully saturated rings. The van der Waals surface area contributed by atoms with E-state index in [1.165, 1.54) is 50.3 Å². The highest BCUT2D eigenvalue weighted by molar-refractivity contribution is 14.1. The molecule has 0 saturated carbocycles. The lowest BCUT2D eigenvalue weighted by Crippen LogP contribution is -2.33. The van der Waals surface area contributed by atoms with E-state index in [0.717, 1.165) is 3.70 Å². The Bertz CT molecular complexity index is 937. The molecule has 0 bridgehead atoms. The van der Waals surface area contributed by atoms with Gasteiger partial charge >= 0.3 is 0 Å². The van der Waals surface area contributed by atoms with E-state index >= 15 is 0 Å². The summed E-state index contributed by atoms with van der Waals surface area (Å²) in [6.07, 6.45) is 0. The van der Waals surface area contributed by atoms with E-state index in [9.17, 15) is 0 Å². The van der Waals surface area contributed by atoms with Crippen molar-refractivity contribution in [1.82, 2.24) is 9.90 Å². The van der Waals surface area contributed by atoms with Crippen molar-refractivity contribution in [3.05, 3.63) is 61.3 Å². The van der Waals surface area contributed by atoms with Gasteiger partial charge in [-0.1, -0.05) is 40.1 Å². The first-order valence-corrected chi connectivity index (χ1v) is 9.60. The molecule has 0 aliphatic rings. The quantitative estimate of drug-likeness (QED) is 0.409. The van der Waals surface area contributed by atoms with Gasteiger partial charge in [0.15, 0.2) is 5.69 Å². The van der Waals surface area contributed by atoms with E-state index in [1.54, 1.807) is 0 Å². The lowest BCUT2D eigenvalue weighted by molar-refractivity contribution is -0.721. The SMILES string of the molecule is Cc1cc(C)c(-c2c(I)n(-c3c(C)cc(C)cc3C)n[n+]2C)c(C)c1. The molecular weight excluding hydrogens is 421 g/mol. The molecule has 0 N–H and O–H groups in total. The van der Waals surface area contributed by atoms with Gasteiger partial charge in [0.1, 0.15) is 7.05 Å².